The largest absolute Gasteiger partial charge is 0.491 e. The van der Waals surface area contributed by atoms with Gasteiger partial charge in [0.2, 0.25) is 5.95 Å². The number of carbonyl (C=O) groups is 1. The van der Waals surface area contributed by atoms with Crippen molar-refractivity contribution in [2.75, 3.05) is 25.6 Å². The van der Waals surface area contributed by atoms with E-state index in [1.807, 2.05) is 18.2 Å². The van der Waals surface area contributed by atoms with Crippen molar-refractivity contribution in [1.29, 1.82) is 0 Å². The Morgan fingerprint density at radius 2 is 2.15 bits per heavy atom. The molecule has 1 aromatic carbocycles. The van der Waals surface area contributed by atoms with E-state index in [-0.39, 0.29) is 18.2 Å². The molecule has 1 aliphatic heterocycles. The number of nitrogens with zero attached hydrogens (tertiary/aromatic N) is 3. The molecule has 4 rings (SSSR count). The number of benzene rings is 1. The number of aromatic nitrogens is 2. The van der Waals surface area contributed by atoms with Crippen LogP contribution < -0.4 is 10.1 Å². The van der Waals surface area contributed by atoms with Gasteiger partial charge < -0.3 is 24.8 Å². The summed E-state index contributed by atoms with van der Waals surface area (Å²) < 4.78 is 10.8. The predicted octanol–water partition coefficient (Wildman–Crippen LogP) is 2.17. The lowest BCUT2D eigenvalue weighted by Gasteiger charge is -2.26. The van der Waals surface area contributed by atoms with Crippen LogP contribution in [0.15, 0.2) is 24.4 Å². The fourth-order valence-electron chi connectivity index (χ4n) is 3.45. The number of fused-ring (bicyclic) bond motifs is 1. The lowest BCUT2D eigenvalue weighted by molar-refractivity contribution is 0.126. The number of ether oxygens (including phenoxy) is 2. The molecule has 2 heterocycles. The Morgan fingerprint density at radius 3 is 2.89 bits per heavy atom. The molecular weight excluding hydrogens is 348 g/mol. The zero-order valence-corrected chi connectivity index (χ0v) is 15.3. The van der Waals surface area contributed by atoms with E-state index >= 15 is 0 Å². The summed E-state index contributed by atoms with van der Waals surface area (Å²) in [5, 5.41) is 13.9. The van der Waals surface area contributed by atoms with Gasteiger partial charge in [0.1, 0.15) is 25.0 Å². The van der Waals surface area contributed by atoms with Crippen LogP contribution in [0.5, 0.6) is 5.75 Å². The fourth-order valence-corrected chi connectivity index (χ4v) is 3.45. The van der Waals surface area contributed by atoms with Crippen molar-refractivity contribution < 1.29 is 19.4 Å². The van der Waals surface area contributed by atoms with Crippen LogP contribution in [0.4, 0.5) is 10.7 Å². The molecule has 144 valence electrons. The number of cyclic esters (lactones) is 1. The third-order valence-electron chi connectivity index (χ3n) is 5.26. The lowest BCUT2D eigenvalue weighted by atomic mass is 9.93. The van der Waals surface area contributed by atoms with Crippen molar-refractivity contribution in [3.8, 4) is 5.75 Å². The van der Waals surface area contributed by atoms with Crippen LogP contribution in [0.2, 0.25) is 0 Å². The SMILES string of the molecule is CN1C(=O)OC[C@@H]1COc1ccc2cnc(NC3CCC(O)CC3)nc2c1. The van der Waals surface area contributed by atoms with E-state index in [1.165, 1.54) is 0 Å². The van der Waals surface area contributed by atoms with E-state index in [9.17, 15) is 9.90 Å². The first-order chi connectivity index (χ1) is 13.1. The van der Waals surface area contributed by atoms with Crippen LogP contribution in [-0.4, -0.2) is 64.5 Å². The van der Waals surface area contributed by atoms with E-state index < -0.39 is 0 Å². The maximum absolute atomic E-state index is 11.4. The Labute approximate surface area is 157 Å². The average molecular weight is 372 g/mol. The minimum atomic E-state index is -0.319. The minimum Gasteiger partial charge on any atom is -0.491 e. The summed E-state index contributed by atoms with van der Waals surface area (Å²) in [5.41, 5.74) is 0.799. The highest BCUT2D eigenvalue weighted by Crippen LogP contribution is 2.24. The number of aliphatic hydroxyl groups is 1. The van der Waals surface area contributed by atoms with Crippen LogP contribution in [0.1, 0.15) is 25.7 Å². The molecule has 0 spiro atoms. The molecule has 2 fully saturated rings. The van der Waals surface area contributed by atoms with Gasteiger partial charge in [0.05, 0.1) is 11.6 Å². The van der Waals surface area contributed by atoms with Gasteiger partial charge in [-0.2, -0.15) is 0 Å². The normalized spacial score (nSPS) is 25.5. The summed E-state index contributed by atoms with van der Waals surface area (Å²) >= 11 is 0. The highest BCUT2D eigenvalue weighted by Gasteiger charge is 2.30. The minimum absolute atomic E-state index is 0.0857. The van der Waals surface area contributed by atoms with Gasteiger partial charge in [-0.25, -0.2) is 14.8 Å². The fraction of sp³-hybridized carbons (Fsp3) is 0.526. The molecule has 0 unspecified atom stereocenters. The Kier molecular flexibility index (Phi) is 4.98. The molecular formula is C19H24N4O4. The predicted molar refractivity (Wildman–Crippen MR) is 99.8 cm³/mol. The van der Waals surface area contributed by atoms with Crippen molar-refractivity contribution in [2.45, 2.75) is 43.9 Å². The molecule has 8 heteroatoms. The maximum atomic E-state index is 11.4. The molecule has 2 N–H and O–H groups in total. The summed E-state index contributed by atoms with van der Waals surface area (Å²) in [4.78, 5) is 21.9. The molecule has 1 atom stereocenters. The maximum Gasteiger partial charge on any atom is 0.410 e. The van der Waals surface area contributed by atoms with Gasteiger partial charge in [-0.15, -0.1) is 0 Å². The number of carbonyl (C=O) groups excluding carboxylic acids is 1. The topological polar surface area (TPSA) is 96.8 Å². The van der Waals surface area contributed by atoms with Gasteiger partial charge in [-0.05, 0) is 37.8 Å². The highest BCUT2D eigenvalue weighted by atomic mass is 16.6. The Balaban J connectivity index is 1.42. The summed E-state index contributed by atoms with van der Waals surface area (Å²) in [6, 6.07) is 5.88. The van der Waals surface area contributed by atoms with Crippen molar-refractivity contribution >= 4 is 22.9 Å². The van der Waals surface area contributed by atoms with Crippen molar-refractivity contribution in [3.63, 3.8) is 0 Å². The van der Waals surface area contributed by atoms with Crippen molar-refractivity contribution in [3.05, 3.63) is 24.4 Å². The van der Waals surface area contributed by atoms with Gasteiger partial charge in [0, 0.05) is 30.7 Å². The first-order valence-electron chi connectivity index (χ1n) is 9.32. The van der Waals surface area contributed by atoms with E-state index in [2.05, 4.69) is 15.3 Å². The third-order valence-corrected chi connectivity index (χ3v) is 5.26. The molecule has 0 radical (unpaired) electrons. The number of rotatable bonds is 5. The molecule has 1 saturated heterocycles. The molecule has 1 aliphatic carbocycles. The smallest absolute Gasteiger partial charge is 0.410 e. The Bertz CT molecular complexity index is 822. The zero-order chi connectivity index (χ0) is 18.8. The van der Waals surface area contributed by atoms with E-state index in [4.69, 9.17) is 9.47 Å². The molecule has 1 saturated carbocycles. The van der Waals surface area contributed by atoms with Crippen LogP contribution in [0, 0.1) is 0 Å². The van der Waals surface area contributed by atoms with Crippen LogP contribution in [-0.2, 0) is 4.74 Å². The van der Waals surface area contributed by atoms with Crippen LogP contribution in [0.25, 0.3) is 10.9 Å². The summed E-state index contributed by atoms with van der Waals surface area (Å²) in [6.45, 7) is 0.712. The molecule has 8 nitrogen and oxygen atoms in total. The molecule has 27 heavy (non-hydrogen) atoms. The highest BCUT2D eigenvalue weighted by molar-refractivity contribution is 5.80. The number of hydrogen-bond acceptors (Lipinski definition) is 7. The quantitative estimate of drug-likeness (QED) is 0.830. The van der Waals surface area contributed by atoms with Crippen molar-refractivity contribution in [1.82, 2.24) is 14.9 Å². The molecule has 1 amide bonds. The van der Waals surface area contributed by atoms with Crippen molar-refractivity contribution in [2.24, 2.45) is 0 Å². The second kappa shape index (κ2) is 7.56. The number of anilines is 1. The first kappa shape index (κ1) is 17.8. The standard InChI is InChI=1S/C19H24N4O4/c1-23-14(11-27-19(23)25)10-26-16-7-2-12-9-20-18(22-17(12)8-16)21-13-3-5-15(24)6-4-13/h2,7-9,13-15,24H,3-6,10-11H2,1H3,(H,20,21,22)/t13?,14-,15?/m0/s1. The van der Waals surface area contributed by atoms with Crippen LogP contribution >= 0.6 is 0 Å². The zero-order valence-electron chi connectivity index (χ0n) is 15.3. The van der Waals surface area contributed by atoms with E-state index in [0.29, 0.717) is 31.0 Å². The Hall–Kier alpha value is -2.61. The Morgan fingerprint density at radius 1 is 1.33 bits per heavy atom. The summed E-state index contributed by atoms with van der Waals surface area (Å²) in [7, 11) is 1.71. The number of nitrogens with one attached hydrogen (secondary N) is 1. The van der Waals surface area contributed by atoms with Gasteiger partial charge in [-0.3, -0.25) is 0 Å². The molecule has 0 bridgehead atoms. The average Bonchev–Trinajstić information content (AvgIpc) is 3.00. The first-order valence-corrected chi connectivity index (χ1v) is 9.32. The van der Waals surface area contributed by atoms with Gasteiger partial charge >= 0.3 is 6.09 Å². The number of amides is 1. The lowest BCUT2D eigenvalue weighted by Crippen LogP contribution is -2.34. The van der Waals surface area contributed by atoms with E-state index in [0.717, 1.165) is 36.6 Å². The van der Waals surface area contributed by atoms with E-state index in [1.54, 1.807) is 18.1 Å². The molecule has 2 aliphatic rings. The second-order valence-corrected chi connectivity index (χ2v) is 7.22. The van der Waals surface area contributed by atoms with Gasteiger partial charge in [0.25, 0.3) is 0 Å². The third kappa shape index (κ3) is 4.05. The van der Waals surface area contributed by atoms with Crippen LogP contribution in [0.3, 0.4) is 0 Å². The van der Waals surface area contributed by atoms with Gasteiger partial charge in [-0.1, -0.05) is 0 Å². The number of aliphatic hydroxyl groups excluding tert-OH is 1. The monoisotopic (exact) mass is 372 g/mol. The summed E-state index contributed by atoms with van der Waals surface area (Å²) in [6.07, 6.45) is 4.75. The number of hydrogen-bond donors (Lipinski definition) is 2. The second-order valence-electron chi connectivity index (χ2n) is 7.22. The summed E-state index contributed by atoms with van der Waals surface area (Å²) in [5.74, 6) is 1.29. The number of likely N-dealkylation sites (N-methyl/N-ethyl adjacent to an activating group) is 1. The van der Waals surface area contributed by atoms with Gasteiger partial charge in [0.15, 0.2) is 0 Å². The molecule has 1 aromatic heterocycles. The molecule has 2 aromatic rings.